The lowest BCUT2D eigenvalue weighted by molar-refractivity contribution is 0.0995. The summed E-state index contributed by atoms with van der Waals surface area (Å²) < 4.78 is 18.9. The molecule has 2 N–H and O–H groups in total. The van der Waals surface area contributed by atoms with E-state index in [-0.39, 0.29) is 17.7 Å². The third-order valence-corrected chi connectivity index (χ3v) is 3.43. The highest BCUT2D eigenvalue weighted by Crippen LogP contribution is 2.35. The van der Waals surface area contributed by atoms with Gasteiger partial charge in [-0.2, -0.15) is 0 Å². The number of H-pyrrole nitrogens is 1. The predicted molar refractivity (Wildman–Crippen MR) is 91.0 cm³/mol. The van der Waals surface area contributed by atoms with Gasteiger partial charge in [-0.15, -0.1) is 10.2 Å². The molecule has 0 bridgehead atoms. The number of ether oxygens (including phenoxy) is 1. The lowest BCUT2D eigenvalue weighted by Crippen LogP contribution is -2.05. The summed E-state index contributed by atoms with van der Waals surface area (Å²) in [7, 11) is 0. The molecule has 0 spiro atoms. The fourth-order valence-electron chi connectivity index (χ4n) is 2.34. The molecule has 1 heterocycles. The number of azo groups is 1. The van der Waals surface area contributed by atoms with E-state index >= 15 is 0 Å². The normalized spacial score (nSPS) is 11.5. The van der Waals surface area contributed by atoms with Crippen LogP contribution in [0.2, 0.25) is 0 Å². The number of carbonyl (C=O) groups excluding carboxylic acids is 1. The summed E-state index contributed by atoms with van der Waals surface area (Å²) in [5.41, 5.74) is 0.837. The topological polar surface area (TPSA) is 87.0 Å². The van der Waals surface area contributed by atoms with Gasteiger partial charge in [0.1, 0.15) is 11.6 Å². The average Bonchev–Trinajstić information content (AvgIpc) is 2.87. The fraction of sp³-hybridized carbons (Fsp3) is 0.167. The van der Waals surface area contributed by atoms with E-state index in [4.69, 9.17) is 4.74 Å². The van der Waals surface area contributed by atoms with Crippen LogP contribution in [0.3, 0.4) is 0 Å². The molecule has 1 aromatic heterocycles. The Kier molecular flexibility index (Phi) is 4.47. The van der Waals surface area contributed by atoms with Crippen LogP contribution in [0.1, 0.15) is 24.2 Å². The van der Waals surface area contributed by atoms with E-state index in [0.717, 1.165) is 0 Å². The van der Waals surface area contributed by atoms with Crippen LogP contribution < -0.4 is 4.74 Å². The summed E-state index contributed by atoms with van der Waals surface area (Å²) in [5.74, 6) is -0.692. The number of benzene rings is 2. The number of amides is 1. The highest BCUT2D eigenvalue weighted by Gasteiger charge is 2.12. The first-order valence-electron chi connectivity index (χ1n) is 7.67. The molecule has 1 amide bonds. The number of rotatable bonds is 4. The number of aromatic amines is 1. The Hall–Kier alpha value is -3.22. The minimum Gasteiger partial charge on any atom is -0.493 e. The van der Waals surface area contributed by atoms with Gasteiger partial charge in [0.15, 0.2) is 5.69 Å². The molecule has 6 nitrogen and oxygen atoms in total. The van der Waals surface area contributed by atoms with Gasteiger partial charge in [-0.1, -0.05) is 0 Å². The van der Waals surface area contributed by atoms with E-state index < -0.39 is 11.7 Å². The molecule has 0 aliphatic heterocycles. The van der Waals surface area contributed by atoms with Gasteiger partial charge in [-0.25, -0.2) is 4.39 Å². The van der Waals surface area contributed by atoms with Crippen molar-refractivity contribution >= 4 is 22.5 Å². The number of hydrogen-bond acceptors (Lipinski definition) is 4. The van der Waals surface area contributed by atoms with Crippen molar-refractivity contribution in [2.24, 2.45) is 10.2 Å². The maximum Gasteiger partial charge on any atom is 0.295 e. The second kappa shape index (κ2) is 6.72. The number of fused-ring (bicyclic) bond motifs is 1. The molecular formula is C18H16FN3O3. The first kappa shape index (κ1) is 16.6. The number of halogens is 1. The van der Waals surface area contributed by atoms with Crippen LogP contribution in [0, 0.1) is 5.82 Å². The molecule has 0 aliphatic rings. The number of aromatic hydroxyl groups is 1. The summed E-state index contributed by atoms with van der Waals surface area (Å²) in [5, 5.41) is 17.6. The highest BCUT2D eigenvalue weighted by molar-refractivity contribution is 5.97. The molecule has 0 unspecified atom stereocenters. The van der Waals surface area contributed by atoms with Crippen molar-refractivity contribution in [3.8, 4) is 11.6 Å². The SMILES string of the molecule is CC(C)Oc1ccc(C(=O)N=Nc2c(O)[nH]c3ccc(F)cc23)cc1. The molecule has 128 valence electrons. The fourth-order valence-corrected chi connectivity index (χ4v) is 2.34. The summed E-state index contributed by atoms with van der Waals surface area (Å²) in [4.78, 5) is 14.8. The van der Waals surface area contributed by atoms with Gasteiger partial charge in [0.05, 0.1) is 11.6 Å². The Morgan fingerprint density at radius 1 is 1.20 bits per heavy atom. The standard InChI is InChI=1S/C18H16FN3O3/c1-10(2)25-13-6-3-11(4-7-13)17(23)22-21-16-14-9-12(19)5-8-15(14)20-18(16)24/h3-10,20,24H,1-2H3. The molecule has 0 aliphatic carbocycles. The molecule has 0 fully saturated rings. The first-order valence-corrected chi connectivity index (χ1v) is 7.67. The maximum atomic E-state index is 13.4. The van der Waals surface area contributed by atoms with Gasteiger partial charge >= 0.3 is 0 Å². The number of nitrogens with one attached hydrogen (secondary N) is 1. The van der Waals surface area contributed by atoms with Crippen LogP contribution in [-0.4, -0.2) is 22.1 Å². The first-order chi connectivity index (χ1) is 11.9. The van der Waals surface area contributed by atoms with Gasteiger partial charge in [-0.05, 0) is 56.3 Å². The Balaban J connectivity index is 1.83. The van der Waals surface area contributed by atoms with E-state index in [9.17, 15) is 14.3 Å². The monoisotopic (exact) mass is 341 g/mol. The quantitative estimate of drug-likeness (QED) is 0.673. The van der Waals surface area contributed by atoms with Crippen LogP contribution in [-0.2, 0) is 0 Å². The molecule has 0 saturated carbocycles. The predicted octanol–water partition coefficient (Wildman–Crippen LogP) is 4.72. The van der Waals surface area contributed by atoms with Crippen LogP contribution in [0.5, 0.6) is 11.6 Å². The Labute approximate surface area is 143 Å². The molecule has 25 heavy (non-hydrogen) atoms. The van der Waals surface area contributed by atoms with E-state index in [1.165, 1.54) is 18.2 Å². The number of carbonyl (C=O) groups is 1. The second-order valence-electron chi connectivity index (χ2n) is 5.71. The third kappa shape index (κ3) is 3.65. The Bertz CT molecular complexity index is 946. The minimum absolute atomic E-state index is 0.0163. The zero-order chi connectivity index (χ0) is 18.0. The zero-order valence-corrected chi connectivity index (χ0v) is 13.7. The van der Waals surface area contributed by atoms with Crippen LogP contribution in [0.25, 0.3) is 10.9 Å². The van der Waals surface area contributed by atoms with Crippen LogP contribution >= 0.6 is 0 Å². The summed E-state index contributed by atoms with van der Waals surface area (Å²) in [6, 6.07) is 10.4. The van der Waals surface area contributed by atoms with E-state index in [0.29, 0.717) is 22.2 Å². The zero-order valence-electron chi connectivity index (χ0n) is 13.7. The van der Waals surface area contributed by atoms with Crippen molar-refractivity contribution in [3.05, 3.63) is 53.8 Å². The van der Waals surface area contributed by atoms with E-state index in [1.807, 2.05) is 13.8 Å². The maximum absolute atomic E-state index is 13.4. The summed E-state index contributed by atoms with van der Waals surface area (Å²) in [6.07, 6.45) is 0.0338. The van der Waals surface area contributed by atoms with Gasteiger partial charge in [0, 0.05) is 10.9 Å². The van der Waals surface area contributed by atoms with E-state index in [2.05, 4.69) is 15.2 Å². The molecule has 3 aromatic rings. The van der Waals surface area contributed by atoms with Crippen molar-refractivity contribution < 1.29 is 19.0 Å². The lowest BCUT2D eigenvalue weighted by atomic mass is 10.2. The molecule has 7 heteroatoms. The second-order valence-corrected chi connectivity index (χ2v) is 5.71. The van der Waals surface area contributed by atoms with Crippen LogP contribution in [0.4, 0.5) is 10.1 Å². The largest absolute Gasteiger partial charge is 0.493 e. The van der Waals surface area contributed by atoms with Crippen LogP contribution in [0.15, 0.2) is 52.7 Å². The minimum atomic E-state index is -0.582. The smallest absolute Gasteiger partial charge is 0.295 e. The van der Waals surface area contributed by atoms with Gasteiger partial charge in [0.25, 0.3) is 5.91 Å². The molecule has 2 aromatic carbocycles. The molecule has 0 radical (unpaired) electrons. The van der Waals surface area contributed by atoms with Gasteiger partial charge in [0.2, 0.25) is 5.88 Å². The Morgan fingerprint density at radius 3 is 2.60 bits per heavy atom. The molecule has 0 atom stereocenters. The number of nitrogens with zero attached hydrogens (tertiary/aromatic N) is 2. The van der Waals surface area contributed by atoms with Gasteiger partial charge < -0.3 is 14.8 Å². The average molecular weight is 341 g/mol. The number of aromatic nitrogens is 1. The summed E-state index contributed by atoms with van der Waals surface area (Å²) >= 11 is 0. The molecule has 3 rings (SSSR count). The third-order valence-electron chi connectivity index (χ3n) is 3.43. The highest BCUT2D eigenvalue weighted by atomic mass is 19.1. The van der Waals surface area contributed by atoms with Crippen molar-refractivity contribution in [3.63, 3.8) is 0 Å². The lowest BCUT2D eigenvalue weighted by Gasteiger charge is -2.09. The molecule has 0 saturated heterocycles. The van der Waals surface area contributed by atoms with Crippen molar-refractivity contribution in [2.45, 2.75) is 20.0 Å². The van der Waals surface area contributed by atoms with Crippen molar-refractivity contribution in [2.75, 3.05) is 0 Å². The molecular weight excluding hydrogens is 325 g/mol. The van der Waals surface area contributed by atoms with Gasteiger partial charge in [-0.3, -0.25) is 4.79 Å². The van der Waals surface area contributed by atoms with E-state index in [1.54, 1.807) is 24.3 Å². The van der Waals surface area contributed by atoms with Crippen molar-refractivity contribution in [1.82, 2.24) is 4.98 Å². The van der Waals surface area contributed by atoms with Crippen molar-refractivity contribution in [1.29, 1.82) is 0 Å². The Morgan fingerprint density at radius 2 is 1.92 bits per heavy atom. The summed E-state index contributed by atoms with van der Waals surface area (Å²) in [6.45, 7) is 3.81. The number of hydrogen-bond donors (Lipinski definition) is 2.